The van der Waals surface area contributed by atoms with E-state index in [1.165, 1.54) is 0 Å². The summed E-state index contributed by atoms with van der Waals surface area (Å²) in [6.45, 7) is -0.137. The van der Waals surface area contributed by atoms with Crippen LogP contribution in [-0.4, -0.2) is 76.7 Å². The number of thiol groups is 1. The first-order valence-electron chi connectivity index (χ1n) is 11.2. The van der Waals surface area contributed by atoms with Crippen LogP contribution in [0, 0.1) is 0 Å². The molecule has 1 aromatic heterocycles. The number of aromatic amines is 1. The fourth-order valence-electron chi connectivity index (χ4n) is 3.49. The van der Waals surface area contributed by atoms with Crippen LogP contribution < -0.4 is 33.2 Å². The Labute approximate surface area is 213 Å². The number of para-hydroxylation sites is 1. The zero-order valence-corrected chi connectivity index (χ0v) is 20.5. The Bertz CT molecular complexity index is 1100. The van der Waals surface area contributed by atoms with Crippen molar-refractivity contribution < 1.29 is 24.3 Å². The van der Waals surface area contributed by atoms with Crippen LogP contribution in [0.1, 0.15) is 18.4 Å². The highest BCUT2D eigenvalue weighted by molar-refractivity contribution is 7.80. The molecule has 3 unspecified atom stereocenters. The summed E-state index contributed by atoms with van der Waals surface area (Å²) >= 11 is 3.95. The van der Waals surface area contributed by atoms with Crippen LogP contribution in [-0.2, 0) is 25.6 Å². The lowest BCUT2D eigenvalue weighted by atomic mass is 10.0. The van der Waals surface area contributed by atoms with Crippen LogP contribution in [0.5, 0.6) is 0 Å². The van der Waals surface area contributed by atoms with Gasteiger partial charge in [0, 0.05) is 35.8 Å². The fraction of sp³-hybridized carbons (Fsp3) is 0.409. The molecule has 2 aromatic rings. The van der Waals surface area contributed by atoms with Gasteiger partial charge in [0.2, 0.25) is 17.7 Å². The molecule has 0 radical (unpaired) electrons. The number of H-pyrrole nitrogens is 1. The number of guanidine groups is 1. The van der Waals surface area contributed by atoms with Gasteiger partial charge < -0.3 is 43.2 Å². The van der Waals surface area contributed by atoms with Gasteiger partial charge in [0.15, 0.2) is 5.96 Å². The number of nitrogens with zero attached hydrogens (tertiary/aromatic N) is 1. The molecule has 11 N–H and O–H groups in total. The fourth-order valence-corrected chi connectivity index (χ4v) is 3.73. The standard InChI is InChI=1S/C22H32N8O5S/c23-9-18(31)28-16(8-12-10-27-14-5-2-1-4-13(12)14)20(33)29-15(6-3-7-26-22(24)25)19(32)30-17(11-36)21(34)35/h1-2,4-5,10,15-17,27,36H,3,6-9,11,23H2,(H,28,31)(H,29,33)(H,30,32)(H,34,35)(H4,24,25,26). The zero-order chi connectivity index (χ0) is 26.7. The Balaban J connectivity index is 2.23. The number of aliphatic imine (C=N–C) groups is 1. The van der Waals surface area contributed by atoms with E-state index in [4.69, 9.17) is 17.2 Å². The normalized spacial score (nSPS) is 13.3. The number of hydrogen-bond donors (Lipinski definition) is 9. The molecule has 0 aliphatic carbocycles. The van der Waals surface area contributed by atoms with E-state index in [1.807, 2.05) is 24.3 Å². The summed E-state index contributed by atoms with van der Waals surface area (Å²) in [5.74, 6) is -3.44. The molecule has 0 spiro atoms. The number of fused-ring (bicyclic) bond motifs is 1. The van der Waals surface area contributed by atoms with Crippen molar-refractivity contribution >= 4 is 53.2 Å². The van der Waals surface area contributed by atoms with Crippen LogP contribution in [0.25, 0.3) is 10.9 Å². The molecular formula is C22H32N8O5S. The second-order valence-corrected chi connectivity index (χ2v) is 8.34. The van der Waals surface area contributed by atoms with Gasteiger partial charge in [-0.3, -0.25) is 19.4 Å². The van der Waals surface area contributed by atoms with Crippen molar-refractivity contribution in [2.24, 2.45) is 22.2 Å². The second-order valence-electron chi connectivity index (χ2n) is 7.98. The number of amides is 3. The largest absolute Gasteiger partial charge is 0.480 e. The first kappa shape index (κ1) is 28.5. The van der Waals surface area contributed by atoms with Crippen LogP contribution in [0.2, 0.25) is 0 Å². The third kappa shape index (κ3) is 8.46. The Morgan fingerprint density at radius 3 is 2.33 bits per heavy atom. The molecule has 2 rings (SSSR count). The van der Waals surface area contributed by atoms with Crippen molar-refractivity contribution in [2.75, 3.05) is 18.8 Å². The van der Waals surface area contributed by atoms with Gasteiger partial charge in [0.05, 0.1) is 6.54 Å². The summed E-state index contributed by atoms with van der Waals surface area (Å²) in [7, 11) is 0. The van der Waals surface area contributed by atoms with E-state index in [9.17, 15) is 24.3 Å². The minimum Gasteiger partial charge on any atom is -0.480 e. The number of hydrogen-bond acceptors (Lipinski definition) is 7. The predicted octanol–water partition coefficient (Wildman–Crippen LogP) is -1.81. The van der Waals surface area contributed by atoms with Crippen molar-refractivity contribution in [2.45, 2.75) is 37.4 Å². The monoisotopic (exact) mass is 520 g/mol. The number of nitrogens with two attached hydrogens (primary N) is 3. The lowest BCUT2D eigenvalue weighted by Crippen LogP contribution is -2.57. The Morgan fingerprint density at radius 2 is 1.69 bits per heavy atom. The Hall–Kier alpha value is -3.78. The number of carbonyl (C=O) groups is 4. The maximum absolute atomic E-state index is 13.2. The molecule has 13 nitrogen and oxygen atoms in total. The quantitative estimate of drug-likeness (QED) is 0.0595. The number of carboxylic acids is 1. The molecule has 0 aliphatic rings. The molecule has 1 heterocycles. The van der Waals surface area contributed by atoms with Gasteiger partial charge in [-0.25, -0.2) is 4.79 Å². The highest BCUT2D eigenvalue weighted by atomic mass is 32.1. The van der Waals surface area contributed by atoms with Gasteiger partial charge in [0.1, 0.15) is 18.1 Å². The number of carboxylic acid groups (broad SMARTS) is 1. The first-order chi connectivity index (χ1) is 17.2. The van der Waals surface area contributed by atoms with E-state index in [2.05, 4.69) is 38.6 Å². The van der Waals surface area contributed by atoms with Crippen LogP contribution in [0.15, 0.2) is 35.5 Å². The van der Waals surface area contributed by atoms with Gasteiger partial charge in [0.25, 0.3) is 0 Å². The van der Waals surface area contributed by atoms with E-state index in [0.717, 1.165) is 16.5 Å². The van der Waals surface area contributed by atoms with Crippen LogP contribution in [0.4, 0.5) is 0 Å². The molecule has 0 saturated carbocycles. The third-order valence-electron chi connectivity index (χ3n) is 5.31. The SMILES string of the molecule is NCC(=O)NC(Cc1c[nH]c2ccccc12)C(=O)NC(CCCN=C(N)N)C(=O)NC(CS)C(=O)O. The summed E-state index contributed by atoms with van der Waals surface area (Å²) in [5, 5.41) is 17.7. The average Bonchev–Trinajstić information content (AvgIpc) is 3.25. The molecule has 0 saturated heterocycles. The summed E-state index contributed by atoms with van der Waals surface area (Å²) < 4.78 is 0. The molecule has 0 bridgehead atoms. The summed E-state index contributed by atoms with van der Waals surface area (Å²) in [5.41, 5.74) is 17.7. The number of benzene rings is 1. The van der Waals surface area contributed by atoms with Gasteiger partial charge in [-0.05, 0) is 24.5 Å². The Morgan fingerprint density at radius 1 is 1.03 bits per heavy atom. The van der Waals surface area contributed by atoms with Crippen molar-refractivity contribution in [3.63, 3.8) is 0 Å². The molecule has 14 heteroatoms. The predicted molar refractivity (Wildman–Crippen MR) is 138 cm³/mol. The first-order valence-corrected chi connectivity index (χ1v) is 11.8. The average molecular weight is 521 g/mol. The molecule has 0 aliphatic heterocycles. The van der Waals surface area contributed by atoms with Crippen molar-refractivity contribution in [1.82, 2.24) is 20.9 Å². The maximum Gasteiger partial charge on any atom is 0.327 e. The van der Waals surface area contributed by atoms with Crippen LogP contribution >= 0.6 is 12.6 Å². The molecule has 36 heavy (non-hydrogen) atoms. The lowest BCUT2D eigenvalue weighted by molar-refractivity contribution is -0.141. The second kappa shape index (κ2) is 13.9. The molecule has 196 valence electrons. The topological polar surface area (TPSA) is 231 Å². The minimum atomic E-state index is -1.27. The minimum absolute atomic E-state index is 0.109. The van der Waals surface area contributed by atoms with Gasteiger partial charge in [-0.1, -0.05) is 18.2 Å². The highest BCUT2D eigenvalue weighted by Gasteiger charge is 2.29. The maximum atomic E-state index is 13.2. The number of aliphatic carboxylic acids is 1. The van der Waals surface area contributed by atoms with Gasteiger partial charge in [-0.2, -0.15) is 12.6 Å². The zero-order valence-electron chi connectivity index (χ0n) is 19.6. The lowest BCUT2D eigenvalue weighted by Gasteiger charge is -2.24. The van der Waals surface area contributed by atoms with Crippen LogP contribution in [0.3, 0.4) is 0 Å². The van der Waals surface area contributed by atoms with E-state index in [0.29, 0.717) is 6.42 Å². The summed E-state index contributed by atoms with van der Waals surface area (Å²) in [6.07, 6.45) is 2.29. The van der Waals surface area contributed by atoms with E-state index < -0.39 is 41.8 Å². The van der Waals surface area contributed by atoms with E-state index in [-0.39, 0.29) is 37.6 Å². The molecule has 3 atom stereocenters. The van der Waals surface area contributed by atoms with E-state index in [1.54, 1.807) is 6.20 Å². The van der Waals surface area contributed by atoms with Crippen molar-refractivity contribution in [3.8, 4) is 0 Å². The number of aromatic nitrogens is 1. The van der Waals surface area contributed by atoms with E-state index >= 15 is 0 Å². The van der Waals surface area contributed by atoms with Crippen molar-refractivity contribution in [3.05, 3.63) is 36.0 Å². The summed E-state index contributed by atoms with van der Waals surface area (Å²) in [6, 6.07) is 4.06. The number of rotatable bonds is 14. The van der Waals surface area contributed by atoms with Gasteiger partial charge >= 0.3 is 5.97 Å². The molecule has 0 fully saturated rings. The Kier molecular flexibility index (Phi) is 11.0. The molecule has 3 amide bonds. The summed E-state index contributed by atoms with van der Waals surface area (Å²) in [4.78, 5) is 56.5. The molecular weight excluding hydrogens is 488 g/mol. The highest BCUT2D eigenvalue weighted by Crippen LogP contribution is 2.19. The van der Waals surface area contributed by atoms with Crippen molar-refractivity contribution in [1.29, 1.82) is 0 Å². The number of nitrogens with one attached hydrogen (secondary N) is 4. The van der Waals surface area contributed by atoms with Gasteiger partial charge in [-0.15, -0.1) is 0 Å². The smallest absolute Gasteiger partial charge is 0.327 e. The third-order valence-corrected chi connectivity index (χ3v) is 5.68. The number of carbonyl (C=O) groups excluding carboxylic acids is 3. The molecule has 1 aromatic carbocycles.